The fourth-order valence-electron chi connectivity index (χ4n) is 2.78. The van der Waals surface area contributed by atoms with Gasteiger partial charge in [-0.1, -0.05) is 19.1 Å². The summed E-state index contributed by atoms with van der Waals surface area (Å²) in [4.78, 5) is 11.9. The molecule has 0 radical (unpaired) electrons. The smallest absolute Gasteiger partial charge is 0.166 e. The molecule has 0 fully saturated rings. The predicted octanol–water partition coefficient (Wildman–Crippen LogP) is 3.02. The number of Topliss-reactive ketones (excluding diaryl/α,β-unsaturated/α-hetero) is 1. The normalized spacial score (nSPS) is 17.9. The Labute approximate surface area is 118 Å². The van der Waals surface area contributed by atoms with Gasteiger partial charge in [-0.15, -0.1) is 0 Å². The van der Waals surface area contributed by atoms with Crippen molar-refractivity contribution < 1.29 is 9.53 Å². The average Bonchev–Trinajstić information content (AvgIpc) is 2.89. The zero-order valence-electron chi connectivity index (χ0n) is 11.8. The van der Waals surface area contributed by atoms with E-state index < -0.39 is 0 Å². The first-order valence-corrected chi connectivity index (χ1v) is 6.91. The van der Waals surface area contributed by atoms with E-state index in [1.807, 2.05) is 28.9 Å². The van der Waals surface area contributed by atoms with Gasteiger partial charge in [-0.25, -0.2) is 0 Å². The number of nitrogens with zero attached hydrogens (tertiary/aromatic N) is 2. The summed E-state index contributed by atoms with van der Waals surface area (Å²) in [6, 6.07) is 7.95. The summed E-state index contributed by atoms with van der Waals surface area (Å²) in [7, 11) is 1.66. The molecule has 1 aliphatic carbocycles. The van der Waals surface area contributed by atoms with Crippen molar-refractivity contribution >= 4 is 5.78 Å². The monoisotopic (exact) mass is 270 g/mol. The highest BCUT2D eigenvalue weighted by molar-refractivity contribution is 5.98. The van der Waals surface area contributed by atoms with Crippen LogP contribution in [0.3, 0.4) is 0 Å². The lowest BCUT2D eigenvalue weighted by atomic mass is 9.88. The predicted molar refractivity (Wildman–Crippen MR) is 76.3 cm³/mol. The van der Waals surface area contributed by atoms with Crippen molar-refractivity contribution in [1.82, 2.24) is 9.78 Å². The highest BCUT2D eigenvalue weighted by atomic mass is 16.5. The molecule has 0 saturated heterocycles. The van der Waals surface area contributed by atoms with E-state index in [4.69, 9.17) is 4.74 Å². The molecule has 0 saturated carbocycles. The van der Waals surface area contributed by atoms with Gasteiger partial charge in [0.15, 0.2) is 5.78 Å². The topological polar surface area (TPSA) is 44.1 Å². The van der Waals surface area contributed by atoms with E-state index in [1.54, 1.807) is 13.3 Å². The van der Waals surface area contributed by atoms with Gasteiger partial charge >= 0.3 is 0 Å². The van der Waals surface area contributed by atoms with Crippen molar-refractivity contribution in [1.29, 1.82) is 0 Å². The molecule has 20 heavy (non-hydrogen) atoms. The molecule has 4 nitrogen and oxygen atoms in total. The SMILES string of the molecule is COc1ccc(Cn2ncc3c2C(C)CCC3=O)cc1. The van der Waals surface area contributed by atoms with Gasteiger partial charge in [0, 0.05) is 6.42 Å². The quantitative estimate of drug-likeness (QED) is 0.861. The maximum Gasteiger partial charge on any atom is 0.166 e. The molecule has 1 aromatic heterocycles. The van der Waals surface area contributed by atoms with E-state index in [2.05, 4.69) is 12.0 Å². The van der Waals surface area contributed by atoms with Crippen LogP contribution in [0.15, 0.2) is 30.5 Å². The average molecular weight is 270 g/mol. The lowest BCUT2D eigenvalue weighted by Gasteiger charge is -2.20. The minimum Gasteiger partial charge on any atom is -0.497 e. The molecule has 1 atom stereocenters. The van der Waals surface area contributed by atoms with E-state index in [9.17, 15) is 4.79 Å². The molecule has 1 heterocycles. The number of methoxy groups -OCH3 is 1. The second-order valence-corrected chi connectivity index (χ2v) is 5.31. The standard InChI is InChI=1S/C16H18N2O2/c1-11-3-8-15(19)14-9-17-18(16(11)14)10-12-4-6-13(20-2)7-5-12/h4-7,9,11H,3,8,10H2,1-2H3. The number of hydrogen-bond donors (Lipinski definition) is 0. The number of benzene rings is 1. The molecule has 0 amide bonds. The van der Waals surface area contributed by atoms with Crippen LogP contribution in [-0.2, 0) is 6.54 Å². The Morgan fingerprint density at radius 1 is 1.35 bits per heavy atom. The van der Waals surface area contributed by atoms with Crippen LogP contribution in [-0.4, -0.2) is 22.7 Å². The van der Waals surface area contributed by atoms with Gasteiger partial charge in [0.1, 0.15) is 5.75 Å². The zero-order valence-corrected chi connectivity index (χ0v) is 11.8. The first-order valence-electron chi connectivity index (χ1n) is 6.91. The third-order valence-corrected chi connectivity index (χ3v) is 3.94. The molecule has 0 spiro atoms. The van der Waals surface area contributed by atoms with Gasteiger partial charge in [-0.3, -0.25) is 9.48 Å². The molecule has 3 rings (SSSR count). The number of fused-ring (bicyclic) bond motifs is 1. The Kier molecular flexibility index (Phi) is 3.30. The largest absolute Gasteiger partial charge is 0.497 e. The van der Waals surface area contributed by atoms with E-state index in [1.165, 1.54) is 0 Å². The molecule has 2 aromatic rings. The van der Waals surface area contributed by atoms with Crippen LogP contribution in [0.1, 0.15) is 47.3 Å². The first kappa shape index (κ1) is 12.9. The summed E-state index contributed by atoms with van der Waals surface area (Å²) in [6.07, 6.45) is 3.28. The van der Waals surface area contributed by atoms with Gasteiger partial charge in [-0.05, 0) is 30.0 Å². The number of carbonyl (C=O) groups excluding carboxylic acids is 1. The fourth-order valence-corrected chi connectivity index (χ4v) is 2.78. The Hall–Kier alpha value is -2.10. The van der Waals surface area contributed by atoms with Crippen LogP contribution in [0.5, 0.6) is 5.75 Å². The van der Waals surface area contributed by atoms with E-state index in [0.717, 1.165) is 29.0 Å². The maximum absolute atomic E-state index is 11.9. The molecule has 0 bridgehead atoms. The van der Waals surface area contributed by atoms with Crippen molar-refractivity contribution in [2.45, 2.75) is 32.2 Å². The van der Waals surface area contributed by atoms with Crippen molar-refractivity contribution in [2.75, 3.05) is 7.11 Å². The van der Waals surface area contributed by atoms with Crippen LogP contribution in [0, 0.1) is 0 Å². The minimum atomic E-state index is 0.221. The highest BCUT2D eigenvalue weighted by Crippen LogP contribution is 2.31. The molecule has 0 aliphatic heterocycles. The number of carbonyl (C=O) groups is 1. The minimum absolute atomic E-state index is 0.221. The van der Waals surface area contributed by atoms with Crippen LogP contribution in [0.2, 0.25) is 0 Å². The third-order valence-electron chi connectivity index (χ3n) is 3.94. The first-order chi connectivity index (χ1) is 9.69. The van der Waals surface area contributed by atoms with Gasteiger partial charge < -0.3 is 4.74 Å². The summed E-state index contributed by atoms with van der Waals surface area (Å²) in [6.45, 7) is 2.86. The lowest BCUT2D eigenvalue weighted by Crippen LogP contribution is -2.17. The van der Waals surface area contributed by atoms with E-state index in [-0.39, 0.29) is 5.78 Å². The summed E-state index contributed by atoms with van der Waals surface area (Å²) in [5.74, 6) is 1.46. The summed E-state index contributed by atoms with van der Waals surface area (Å²) >= 11 is 0. The van der Waals surface area contributed by atoms with Crippen LogP contribution in [0.25, 0.3) is 0 Å². The molecule has 1 aliphatic rings. The second kappa shape index (κ2) is 5.12. The maximum atomic E-state index is 11.9. The Morgan fingerprint density at radius 3 is 2.80 bits per heavy atom. The van der Waals surface area contributed by atoms with Crippen molar-refractivity contribution in [3.05, 3.63) is 47.3 Å². The van der Waals surface area contributed by atoms with Gasteiger partial charge in [0.2, 0.25) is 0 Å². The number of ether oxygens (including phenoxy) is 1. The molecule has 0 N–H and O–H groups in total. The van der Waals surface area contributed by atoms with Crippen molar-refractivity contribution in [3.8, 4) is 5.75 Å². The van der Waals surface area contributed by atoms with Crippen LogP contribution in [0.4, 0.5) is 0 Å². The fraction of sp³-hybridized carbons (Fsp3) is 0.375. The Bertz CT molecular complexity index is 628. The Morgan fingerprint density at radius 2 is 2.10 bits per heavy atom. The van der Waals surface area contributed by atoms with Gasteiger partial charge in [0.05, 0.1) is 31.1 Å². The summed E-state index contributed by atoms with van der Waals surface area (Å²) in [5.41, 5.74) is 3.04. The summed E-state index contributed by atoms with van der Waals surface area (Å²) in [5, 5.41) is 4.40. The highest BCUT2D eigenvalue weighted by Gasteiger charge is 2.27. The van der Waals surface area contributed by atoms with Gasteiger partial charge in [0.25, 0.3) is 0 Å². The molecule has 4 heteroatoms. The number of rotatable bonds is 3. The van der Waals surface area contributed by atoms with E-state index in [0.29, 0.717) is 18.9 Å². The number of hydrogen-bond acceptors (Lipinski definition) is 3. The third kappa shape index (κ3) is 2.22. The molecule has 104 valence electrons. The van der Waals surface area contributed by atoms with Crippen molar-refractivity contribution in [3.63, 3.8) is 0 Å². The molecular formula is C16H18N2O2. The van der Waals surface area contributed by atoms with E-state index >= 15 is 0 Å². The second-order valence-electron chi connectivity index (χ2n) is 5.31. The number of ketones is 1. The van der Waals surface area contributed by atoms with Crippen molar-refractivity contribution in [2.24, 2.45) is 0 Å². The lowest BCUT2D eigenvalue weighted by molar-refractivity contribution is 0.0967. The number of aromatic nitrogens is 2. The van der Waals surface area contributed by atoms with Crippen LogP contribution < -0.4 is 4.74 Å². The Balaban J connectivity index is 1.89. The van der Waals surface area contributed by atoms with Crippen LogP contribution >= 0.6 is 0 Å². The zero-order chi connectivity index (χ0) is 14.1. The molecular weight excluding hydrogens is 252 g/mol. The van der Waals surface area contributed by atoms with Gasteiger partial charge in [-0.2, -0.15) is 5.10 Å². The molecule has 1 unspecified atom stereocenters. The molecule has 1 aromatic carbocycles. The summed E-state index contributed by atoms with van der Waals surface area (Å²) < 4.78 is 7.12.